The van der Waals surface area contributed by atoms with Gasteiger partial charge in [-0.3, -0.25) is 9.69 Å². The molecule has 1 aliphatic carbocycles. The number of piperazine rings is 1. The summed E-state index contributed by atoms with van der Waals surface area (Å²) in [5.41, 5.74) is 5.24. The van der Waals surface area contributed by atoms with Crippen molar-refractivity contribution in [1.82, 2.24) is 15.2 Å². The van der Waals surface area contributed by atoms with Crippen LogP contribution in [0.4, 0.5) is 5.82 Å². The lowest BCUT2D eigenvalue weighted by Gasteiger charge is -2.36. The Hall–Kier alpha value is -3.63. The van der Waals surface area contributed by atoms with Crippen molar-refractivity contribution in [2.75, 3.05) is 37.6 Å². The maximum Gasteiger partial charge on any atom is 0.234 e. The number of rotatable bonds is 6. The van der Waals surface area contributed by atoms with E-state index in [1.165, 1.54) is 11.1 Å². The Morgan fingerprint density at radius 1 is 1.06 bits per heavy atom. The summed E-state index contributed by atoms with van der Waals surface area (Å²) < 4.78 is 5.26. The van der Waals surface area contributed by atoms with E-state index in [1.807, 2.05) is 30.3 Å². The van der Waals surface area contributed by atoms with Crippen LogP contribution in [-0.4, -0.2) is 48.5 Å². The zero-order valence-corrected chi connectivity index (χ0v) is 18.6. The zero-order chi connectivity index (χ0) is 22.6. The third-order valence-corrected chi connectivity index (χ3v) is 6.48. The van der Waals surface area contributed by atoms with Crippen molar-refractivity contribution in [3.63, 3.8) is 0 Å². The van der Waals surface area contributed by atoms with Crippen molar-refractivity contribution in [3.05, 3.63) is 71.2 Å². The summed E-state index contributed by atoms with van der Waals surface area (Å²) >= 11 is 0. The van der Waals surface area contributed by atoms with Gasteiger partial charge in [0.1, 0.15) is 17.6 Å². The van der Waals surface area contributed by atoms with E-state index >= 15 is 0 Å². The van der Waals surface area contributed by atoms with Gasteiger partial charge in [0.2, 0.25) is 5.91 Å². The summed E-state index contributed by atoms with van der Waals surface area (Å²) in [6.45, 7) is 3.72. The molecule has 0 radical (unpaired) electrons. The van der Waals surface area contributed by atoms with Crippen LogP contribution in [0.3, 0.4) is 0 Å². The van der Waals surface area contributed by atoms with Crippen LogP contribution in [0.15, 0.2) is 53.1 Å². The number of amides is 1. The minimum atomic E-state index is -0.0143. The fourth-order valence-electron chi connectivity index (χ4n) is 4.80. The summed E-state index contributed by atoms with van der Waals surface area (Å²) in [6.07, 6.45) is 4.58. The number of nitrogens with one attached hydrogen (secondary N) is 1. The number of nitrogens with zero attached hydrogens (tertiary/aromatic N) is 4. The van der Waals surface area contributed by atoms with Gasteiger partial charge in [-0.05, 0) is 42.5 Å². The fraction of sp³-hybridized carbons (Fsp3) is 0.346. The molecule has 7 nitrogen and oxygen atoms in total. The lowest BCUT2D eigenvalue weighted by atomic mass is 9.98. The van der Waals surface area contributed by atoms with Crippen molar-refractivity contribution in [3.8, 4) is 17.3 Å². The van der Waals surface area contributed by atoms with E-state index in [1.54, 1.807) is 6.26 Å². The van der Waals surface area contributed by atoms with E-state index < -0.39 is 0 Å². The highest BCUT2D eigenvalue weighted by molar-refractivity contribution is 5.78. The first-order valence-corrected chi connectivity index (χ1v) is 11.5. The van der Waals surface area contributed by atoms with Crippen molar-refractivity contribution in [1.29, 1.82) is 5.26 Å². The van der Waals surface area contributed by atoms with Gasteiger partial charge in [-0.2, -0.15) is 5.26 Å². The minimum Gasteiger partial charge on any atom is -0.467 e. The van der Waals surface area contributed by atoms with E-state index in [0.29, 0.717) is 13.1 Å². The van der Waals surface area contributed by atoms with Gasteiger partial charge in [-0.25, -0.2) is 4.98 Å². The highest BCUT2D eigenvalue weighted by Crippen LogP contribution is 2.37. The minimum absolute atomic E-state index is 0.0143. The lowest BCUT2D eigenvalue weighted by Crippen LogP contribution is -2.50. The predicted molar refractivity (Wildman–Crippen MR) is 126 cm³/mol. The SMILES string of the molecule is N#Cc1c(N2CCN(CC(=O)NCc3ccco3)CC2)nc(-c2ccccc2)c2c1CCC2. The summed E-state index contributed by atoms with van der Waals surface area (Å²) in [5.74, 6) is 1.52. The monoisotopic (exact) mass is 441 g/mol. The molecule has 168 valence electrons. The molecule has 0 bridgehead atoms. The van der Waals surface area contributed by atoms with Crippen LogP contribution in [0, 0.1) is 11.3 Å². The third kappa shape index (κ3) is 4.48. The van der Waals surface area contributed by atoms with Gasteiger partial charge in [0.15, 0.2) is 0 Å². The molecule has 5 rings (SSSR count). The number of anilines is 1. The molecule has 2 aliphatic rings. The van der Waals surface area contributed by atoms with E-state index in [9.17, 15) is 10.1 Å². The number of fused-ring (bicyclic) bond motifs is 1. The Morgan fingerprint density at radius 3 is 2.58 bits per heavy atom. The van der Waals surface area contributed by atoms with E-state index in [0.717, 1.165) is 73.8 Å². The highest BCUT2D eigenvalue weighted by atomic mass is 16.3. The summed E-state index contributed by atoms with van der Waals surface area (Å²) in [5, 5.41) is 12.9. The number of hydrogen-bond donors (Lipinski definition) is 1. The molecule has 1 fully saturated rings. The van der Waals surface area contributed by atoms with Gasteiger partial charge in [-0.15, -0.1) is 0 Å². The van der Waals surface area contributed by atoms with Crippen molar-refractivity contribution in [2.45, 2.75) is 25.8 Å². The van der Waals surface area contributed by atoms with Gasteiger partial charge < -0.3 is 14.6 Å². The van der Waals surface area contributed by atoms with Gasteiger partial charge >= 0.3 is 0 Å². The van der Waals surface area contributed by atoms with Gasteiger partial charge in [0, 0.05) is 31.7 Å². The van der Waals surface area contributed by atoms with Crippen LogP contribution >= 0.6 is 0 Å². The van der Waals surface area contributed by atoms with Gasteiger partial charge in [0.05, 0.1) is 30.6 Å². The first-order valence-electron chi connectivity index (χ1n) is 11.5. The molecule has 1 N–H and O–H groups in total. The number of carbonyl (C=O) groups is 1. The Morgan fingerprint density at radius 2 is 1.85 bits per heavy atom. The molecule has 0 spiro atoms. The quantitative estimate of drug-likeness (QED) is 0.633. The molecule has 3 aromatic rings. The average Bonchev–Trinajstić information content (AvgIpc) is 3.55. The Balaban J connectivity index is 1.29. The van der Waals surface area contributed by atoms with Crippen molar-refractivity contribution < 1.29 is 9.21 Å². The highest BCUT2D eigenvalue weighted by Gasteiger charge is 2.28. The number of furan rings is 1. The van der Waals surface area contributed by atoms with E-state index in [2.05, 4.69) is 33.3 Å². The third-order valence-electron chi connectivity index (χ3n) is 6.48. The molecular weight excluding hydrogens is 414 g/mol. The van der Waals surface area contributed by atoms with E-state index in [4.69, 9.17) is 9.40 Å². The van der Waals surface area contributed by atoms with Crippen LogP contribution in [-0.2, 0) is 24.2 Å². The van der Waals surface area contributed by atoms with Gasteiger partial charge in [0.25, 0.3) is 0 Å². The molecule has 1 aliphatic heterocycles. The Bertz CT molecular complexity index is 1160. The summed E-state index contributed by atoms with van der Waals surface area (Å²) in [7, 11) is 0. The van der Waals surface area contributed by atoms with E-state index in [-0.39, 0.29) is 5.91 Å². The predicted octanol–water partition coefficient (Wildman–Crippen LogP) is 3.14. The van der Waals surface area contributed by atoms with Crippen molar-refractivity contribution in [2.24, 2.45) is 0 Å². The number of benzene rings is 1. The molecule has 33 heavy (non-hydrogen) atoms. The normalized spacial score (nSPS) is 15.8. The zero-order valence-electron chi connectivity index (χ0n) is 18.6. The average molecular weight is 442 g/mol. The molecule has 3 heterocycles. The van der Waals surface area contributed by atoms with Crippen LogP contribution in [0.5, 0.6) is 0 Å². The summed E-state index contributed by atoms with van der Waals surface area (Å²) in [4.78, 5) is 21.7. The molecule has 1 saturated heterocycles. The molecular formula is C26H27N5O2. The Labute approximate surface area is 193 Å². The molecule has 0 atom stereocenters. The molecule has 7 heteroatoms. The lowest BCUT2D eigenvalue weighted by molar-refractivity contribution is -0.122. The van der Waals surface area contributed by atoms with Crippen molar-refractivity contribution >= 4 is 11.7 Å². The number of pyridine rings is 1. The topological polar surface area (TPSA) is 85.4 Å². The fourth-order valence-corrected chi connectivity index (χ4v) is 4.80. The van der Waals surface area contributed by atoms with Crippen LogP contribution in [0.1, 0.15) is 28.9 Å². The van der Waals surface area contributed by atoms with Crippen LogP contribution in [0.25, 0.3) is 11.3 Å². The number of aromatic nitrogens is 1. The molecule has 0 saturated carbocycles. The second-order valence-electron chi connectivity index (χ2n) is 8.57. The Kier molecular flexibility index (Phi) is 6.09. The number of carbonyl (C=O) groups excluding carboxylic acids is 1. The smallest absolute Gasteiger partial charge is 0.234 e. The molecule has 1 aromatic carbocycles. The second-order valence-corrected chi connectivity index (χ2v) is 8.57. The number of hydrogen-bond acceptors (Lipinski definition) is 6. The molecule has 2 aromatic heterocycles. The standard InChI is InChI=1S/C26H27N5O2/c27-16-23-21-9-4-10-22(21)25(19-6-2-1-3-7-19)29-26(23)31-13-11-30(12-14-31)18-24(32)28-17-20-8-5-15-33-20/h1-3,5-8,15H,4,9-14,17-18H2,(H,28,32). The summed E-state index contributed by atoms with van der Waals surface area (Å²) in [6, 6.07) is 16.4. The number of nitriles is 1. The van der Waals surface area contributed by atoms with Crippen LogP contribution in [0.2, 0.25) is 0 Å². The maximum atomic E-state index is 12.3. The largest absolute Gasteiger partial charge is 0.467 e. The van der Waals surface area contributed by atoms with Crippen LogP contribution < -0.4 is 10.2 Å². The maximum absolute atomic E-state index is 12.3. The molecule has 1 amide bonds. The second kappa shape index (κ2) is 9.47. The molecule has 0 unspecified atom stereocenters. The first-order chi connectivity index (χ1) is 16.2. The van der Waals surface area contributed by atoms with Gasteiger partial charge in [-0.1, -0.05) is 30.3 Å². The first kappa shape index (κ1) is 21.2.